The molecule has 20 heavy (non-hydrogen) atoms. The summed E-state index contributed by atoms with van der Waals surface area (Å²) in [6, 6.07) is 0. The lowest BCUT2D eigenvalue weighted by Crippen LogP contribution is -2.37. The predicted octanol–water partition coefficient (Wildman–Crippen LogP) is 1.10. The van der Waals surface area contributed by atoms with Crippen molar-refractivity contribution in [3.8, 4) is 0 Å². The Balaban J connectivity index is 2.08. The predicted molar refractivity (Wildman–Crippen MR) is 80.1 cm³/mol. The third-order valence-corrected chi connectivity index (χ3v) is 3.70. The molecule has 2 N–H and O–H groups in total. The summed E-state index contributed by atoms with van der Waals surface area (Å²) in [5.74, 6) is 1.04. The number of amides is 1. The van der Waals surface area contributed by atoms with Gasteiger partial charge in [0.2, 0.25) is 5.91 Å². The van der Waals surface area contributed by atoms with E-state index in [-0.39, 0.29) is 19.1 Å². The number of aliphatic hydroxyl groups excluding tert-OH is 1. The second-order valence-corrected chi connectivity index (χ2v) is 6.02. The van der Waals surface area contributed by atoms with E-state index in [1.807, 2.05) is 16.0 Å². The fraction of sp³-hybridized carbons (Fsp3) is 0.538. The van der Waals surface area contributed by atoms with Crippen molar-refractivity contribution in [3.05, 3.63) is 17.3 Å². The Morgan fingerprint density at radius 1 is 1.60 bits per heavy atom. The van der Waals surface area contributed by atoms with Gasteiger partial charge in [-0.25, -0.2) is 4.98 Å². The number of hydrogen-bond acceptors (Lipinski definition) is 5. The van der Waals surface area contributed by atoms with Crippen molar-refractivity contribution in [1.29, 1.82) is 0 Å². The number of imidazole rings is 1. The molecule has 7 heteroatoms. The third-order valence-electron chi connectivity index (χ3n) is 2.94. The Bertz CT molecular complexity index is 590. The van der Waals surface area contributed by atoms with E-state index in [1.54, 1.807) is 11.9 Å². The molecule has 0 aliphatic carbocycles. The van der Waals surface area contributed by atoms with E-state index in [2.05, 4.69) is 24.1 Å². The Morgan fingerprint density at radius 3 is 3.00 bits per heavy atom. The number of carbonyl (C=O) groups is 1. The fourth-order valence-electron chi connectivity index (χ4n) is 1.94. The van der Waals surface area contributed by atoms with E-state index in [0.29, 0.717) is 24.0 Å². The molecule has 0 spiro atoms. The number of nitrogens with zero attached hydrogens (tertiary/aromatic N) is 3. The van der Waals surface area contributed by atoms with Crippen molar-refractivity contribution in [3.63, 3.8) is 0 Å². The number of aromatic nitrogens is 2. The quantitative estimate of drug-likeness (QED) is 0.837. The number of hydrogen-bond donors (Lipinski definition) is 2. The Hall–Kier alpha value is -1.60. The van der Waals surface area contributed by atoms with Crippen molar-refractivity contribution in [2.45, 2.75) is 20.5 Å². The molecule has 0 fully saturated rings. The van der Waals surface area contributed by atoms with Gasteiger partial charge in [-0.1, -0.05) is 13.8 Å². The minimum atomic E-state index is -0.106. The largest absolute Gasteiger partial charge is 0.390 e. The second kappa shape index (κ2) is 6.23. The zero-order chi connectivity index (χ0) is 14.7. The Labute approximate surface area is 122 Å². The van der Waals surface area contributed by atoms with Crippen LogP contribution >= 0.6 is 11.3 Å². The van der Waals surface area contributed by atoms with Crippen LogP contribution in [0.3, 0.4) is 0 Å². The molecule has 0 aromatic carbocycles. The summed E-state index contributed by atoms with van der Waals surface area (Å²) in [6.45, 7) is 4.89. The highest BCUT2D eigenvalue weighted by Crippen LogP contribution is 2.23. The van der Waals surface area contributed by atoms with Crippen molar-refractivity contribution in [2.24, 2.45) is 5.92 Å². The summed E-state index contributed by atoms with van der Waals surface area (Å²) < 4.78 is 1.85. The van der Waals surface area contributed by atoms with E-state index in [0.717, 1.165) is 4.96 Å². The number of carbonyl (C=O) groups excluding carboxylic acids is 1. The zero-order valence-electron chi connectivity index (χ0n) is 12.0. The number of nitrogens with one attached hydrogen (secondary N) is 1. The summed E-state index contributed by atoms with van der Waals surface area (Å²) in [5.41, 5.74) is 0.709. The van der Waals surface area contributed by atoms with Crippen LogP contribution < -0.4 is 10.2 Å². The fourth-order valence-corrected chi connectivity index (χ4v) is 2.67. The van der Waals surface area contributed by atoms with E-state index in [9.17, 15) is 9.90 Å². The molecule has 0 atom stereocenters. The molecule has 0 aliphatic rings. The molecule has 0 radical (unpaired) electrons. The molecule has 1 amide bonds. The van der Waals surface area contributed by atoms with Crippen LogP contribution in [0, 0.1) is 5.92 Å². The van der Waals surface area contributed by atoms with Gasteiger partial charge in [-0.05, 0) is 5.92 Å². The number of fused-ring (bicyclic) bond motifs is 1. The lowest BCUT2D eigenvalue weighted by Gasteiger charge is -2.18. The lowest BCUT2D eigenvalue weighted by atomic mass is 10.2. The lowest BCUT2D eigenvalue weighted by molar-refractivity contribution is -0.119. The first-order chi connectivity index (χ1) is 9.52. The number of anilines is 1. The molecule has 110 valence electrons. The molecule has 2 aromatic heterocycles. The van der Waals surface area contributed by atoms with Crippen LogP contribution in [0.25, 0.3) is 4.96 Å². The maximum Gasteiger partial charge on any atom is 0.239 e. The molecule has 0 saturated heterocycles. The topological polar surface area (TPSA) is 69.9 Å². The number of likely N-dealkylation sites (N-methyl/N-ethyl adjacent to an activating group) is 1. The van der Waals surface area contributed by atoms with Gasteiger partial charge in [0.25, 0.3) is 0 Å². The van der Waals surface area contributed by atoms with E-state index < -0.39 is 0 Å². The summed E-state index contributed by atoms with van der Waals surface area (Å²) in [5, 5.41) is 14.3. The zero-order valence-corrected chi connectivity index (χ0v) is 12.8. The average Bonchev–Trinajstić information content (AvgIpc) is 2.95. The van der Waals surface area contributed by atoms with Gasteiger partial charge < -0.3 is 15.3 Å². The molecule has 2 rings (SSSR count). The Morgan fingerprint density at radius 2 is 2.35 bits per heavy atom. The van der Waals surface area contributed by atoms with Gasteiger partial charge in [0.05, 0.1) is 18.8 Å². The van der Waals surface area contributed by atoms with Gasteiger partial charge in [0.15, 0.2) is 10.8 Å². The van der Waals surface area contributed by atoms with Gasteiger partial charge in [0.1, 0.15) is 0 Å². The van der Waals surface area contributed by atoms with E-state index in [1.165, 1.54) is 11.3 Å². The van der Waals surface area contributed by atoms with Crippen molar-refractivity contribution in [2.75, 3.05) is 25.0 Å². The summed E-state index contributed by atoms with van der Waals surface area (Å²) in [4.78, 5) is 18.9. The maximum absolute atomic E-state index is 11.8. The van der Waals surface area contributed by atoms with Crippen LogP contribution in [0.15, 0.2) is 11.6 Å². The highest BCUT2D eigenvalue weighted by Gasteiger charge is 2.17. The molecule has 0 unspecified atom stereocenters. The van der Waals surface area contributed by atoms with Gasteiger partial charge in [-0.15, -0.1) is 11.3 Å². The molecular formula is C13H20N4O2S. The van der Waals surface area contributed by atoms with Crippen LogP contribution in [0.5, 0.6) is 0 Å². The first-order valence-corrected chi connectivity index (χ1v) is 7.44. The molecule has 0 saturated carbocycles. The molecular weight excluding hydrogens is 276 g/mol. The Kier molecular flexibility index (Phi) is 4.61. The molecule has 0 bridgehead atoms. The minimum Gasteiger partial charge on any atom is -0.390 e. The average molecular weight is 296 g/mol. The third kappa shape index (κ3) is 3.10. The smallest absolute Gasteiger partial charge is 0.239 e. The van der Waals surface area contributed by atoms with Crippen LogP contribution in [0.4, 0.5) is 5.82 Å². The highest BCUT2D eigenvalue weighted by molar-refractivity contribution is 7.15. The first kappa shape index (κ1) is 14.8. The maximum atomic E-state index is 11.8. The number of aliphatic hydroxyl groups is 1. The van der Waals surface area contributed by atoms with Gasteiger partial charge in [-0.2, -0.15) is 0 Å². The number of thiazole rings is 1. The van der Waals surface area contributed by atoms with E-state index in [4.69, 9.17) is 0 Å². The summed E-state index contributed by atoms with van der Waals surface area (Å²) >= 11 is 1.50. The van der Waals surface area contributed by atoms with Crippen LogP contribution in [0.1, 0.15) is 19.5 Å². The normalized spacial score (nSPS) is 11.2. The molecule has 2 aromatic rings. The van der Waals surface area contributed by atoms with Crippen LogP contribution in [-0.2, 0) is 11.4 Å². The second-order valence-electron chi connectivity index (χ2n) is 5.15. The molecule has 0 aliphatic heterocycles. The first-order valence-electron chi connectivity index (χ1n) is 6.56. The number of rotatable bonds is 6. The van der Waals surface area contributed by atoms with Crippen molar-refractivity contribution in [1.82, 2.24) is 14.7 Å². The van der Waals surface area contributed by atoms with Gasteiger partial charge in [0, 0.05) is 25.2 Å². The standard InChI is InChI=1S/C13H20N4O2S/c1-9(2)6-14-11(19)7-16(3)12-10(8-18)17-4-5-20-13(17)15-12/h4-5,9,18H,6-8H2,1-3H3,(H,14,19). The minimum absolute atomic E-state index is 0.0403. The van der Waals surface area contributed by atoms with Crippen molar-refractivity contribution < 1.29 is 9.90 Å². The van der Waals surface area contributed by atoms with Crippen molar-refractivity contribution >= 4 is 28.0 Å². The summed E-state index contributed by atoms with van der Waals surface area (Å²) in [7, 11) is 1.81. The monoisotopic (exact) mass is 296 g/mol. The highest BCUT2D eigenvalue weighted by atomic mass is 32.1. The van der Waals surface area contributed by atoms with Gasteiger partial charge in [-0.3, -0.25) is 9.20 Å². The van der Waals surface area contributed by atoms with Crippen LogP contribution in [0.2, 0.25) is 0 Å². The molecule has 6 nitrogen and oxygen atoms in total. The SMILES string of the molecule is CC(C)CNC(=O)CN(C)c1nc2sccn2c1CO. The van der Waals surface area contributed by atoms with Crippen LogP contribution in [-0.4, -0.2) is 40.5 Å². The summed E-state index contributed by atoms with van der Waals surface area (Å²) in [6.07, 6.45) is 1.87. The van der Waals surface area contributed by atoms with E-state index >= 15 is 0 Å². The molecule has 2 heterocycles. The van der Waals surface area contributed by atoms with Gasteiger partial charge >= 0.3 is 0 Å².